The summed E-state index contributed by atoms with van der Waals surface area (Å²) in [5, 5.41) is 9.06. The van der Waals surface area contributed by atoms with Crippen molar-refractivity contribution in [3.63, 3.8) is 0 Å². The Labute approximate surface area is 149 Å². The van der Waals surface area contributed by atoms with E-state index in [1.165, 1.54) is 0 Å². The molecule has 0 heterocycles. The summed E-state index contributed by atoms with van der Waals surface area (Å²) in [5.41, 5.74) is 0.767. The number of nitrogens with one attached hydrogen (secondary N) is 3. The topological polar surface area (TPSA) is 74.8 Å². The van der Waals surface area contributed by atoms with Gasteiger partial charge in [0.15, 0.2) is 5.96 Å². The third kappa shape index (κ3) is 8.83. The molecular formula is C15H25IN4O2. The number of guanidine groups is 1. The quantitative estimate of drug-likeness (QED) is 0.358. The van der Waals surface area contributed by atoms with Crippen LogP contribution in [0.15, 0.2) is 35.3 Å². The smallest absolute Gasteiger partial charge is 0.246 e. The number of anilines is 1. The van der Waals surface area contributed by atoms with Crippen LogP contribution < -0.4 is 16.0 Å². The monoisotopic (exact) mass is 420 g/mol. The Morgan fingerprint density at radius 3 is 2.59 bits per heavy atom. The summed E-state index contributed by atoms with van der Waals surface area (Å²) in [6.45, 7) is 5.32. The Morgan fingerprint density at radius 1 is 1.32 bits per heavy atom. The summed E-state index contributed by atoms with van der Waals surface area (Å²) in [6, 6.07) is 9.44. The summed E-state index contributed by atoms with van der Waals surface area (Å²) in [7, 11) is 1.65. The van der Waals surface area contributed by atoms with Crippen LogP contribution in [-0.4, -0.2) is 44.7 Å². The predicted molar refractivity (Wildman–Crippen MR) is 101 cm³/mol. The van der Waals surface area contributed by atoms with Crippen molar-refractivity contribution >= 4 is 41.5 Å². The van der Waals surface area contributed by atoms with Crippen LogP contribution in [-0.2, 0) is 9.53 Å². The van der Waals surface area contributed by atoms with Gasteiger partial charge >= 0.3 is 0 Å². The molecule has 0 aromatic heterocycles. The van der Waals surface area contributed by atoms with Gasteiger partial charge in [-0.25, -0.2) is 4.99 Å². The van der Waals surface area contributed by atoms with Gasteiger partial charge in [-0.2, -0.15) is 0 Å². The molecular weight excluding hydrogens is 395 g/mol. The zero-order chi connectivity index (χ0) is 15.5. The molecule has 0 spiro atoms. The Morgan fingerprint density at radius 2 is 2.00 bits per heavy atom. The minimum atomic E-state index is -0.155. The van der Waals surface area contributed by atoms with Crippen LogP contribution >= 0.6 is 24.0 Å². The number of methoxy groups -OCH3 is 1. The van der Waals surface area contributed by atoms with Gasteiger partial charge in [-0.05, 0) is 26.0 Å². The second kappa shape index (κ2) is 12.2. The molecule has 7 heteroatoms. The van der Waals surface area contributed by atoms with Crippen LogP contribution in [0.1, 0.15) is 13.8 Å². The molecule has 3 N–H and O–H groups in total. The molecule has 0 aliphatic carbocycles. The Balaban J connectivity index is 0.00000441. The lowest BCUT2D eigenvalue weighted by molar-refractivity contribution is -0.114. The summed E-state index contributed by atoms with van der Waals surface area (Å²) in [6.07, 6.45) is 0. The number of para-hydroxylation sites is 1. The Bertz CT molecular complexity index is 454. The molecule has 6 nitrogen and oxygen atoms in total. The van der Waals surface area contributed by atoms with E-state index in [9.17, 15) is 4.79 Å². The van der Waals surface area contributed by atoms with Crippen LogP contribution in [0.4, 0.5) is 5.69 Å². The van der Waals surface area contributed by atoms with Gasteiger partial charge in [0.1, 0.15) is 6.54 Å². The number of rotatable bonds is 7. The van der Waals surface area contributed by atoms with E-state index in [-0.39, 0.29) is 42.5 Å². The number of carbonyl (C=O) groups is 1. The van der Waals surface area contributed by atoms with Crippen LogP contribution in [0.25, 0.3) is 0 Å². The maximum Gasteiger partial charge on any atom is 0.246 e. The van der Waals surface area contributed by atoms with Crippen molar-refractivity contribution in [3.8, 4) is 0 Å². The second-order valence-corrected chi connectivity index (χ2v) is 4.61. The highest BCUT2D eigenvalue weighted by molar-refractivity contribution is 14.0. The summed E-state index contributed by atoms with van der Waals surface area (Å²) >= 11 is 0. The van der Waals surface area contributed by atoms with E-state index < -0.39 is 0 Å². The molecule has 124 valence electrons. The molecule has 0 aliphatic rings. The fraction of sp³-hybridized carbons (Fsp3) is 0.467. The zero-order valence-corrected chi connectivity index (χ0v) is 15.6. The lowest BCUT2D eigenvalue weighted by Gasteiger charge is -2.16. The SMILES string of the molecule is CCNC(=NCC(=O)Nc1ccccc1)NC(C)COC.I. The highest BCUT2D eigenvalue weighted by Crippen LogP contribution is 2.04. The van der Waals surface area contributed by atoms with E-state index >= 15 is 0 Å². The first kappa shape index (κ1) is 20.6. The van der Waals surface area contributed by atoms with E-state index in [0.717, 1.165) is 12.2 Å². The molecule has 0 saturated carbocycles. The van der Waals surface area contributed by atoms with Crippen molar-refractivity contribution in [1.29, 1.82) is 0 Å². The van der Waals surface area contributed by atoms with Crippen molar-refractivity contribution < 1.29 is 9.53 Å². The first-order valence-corrected chi connectivity index (χ1v) is 7.04. The lowest BCUT2D eigenvalue weighted by atomic mass is 10.3. The Kier molecular flexibility index (Phi) is 11.5. The fourth-order valence-electron chi connectivity index (χ4n) is 1.72. The molecule has 0 bridgehead atoms. The van der Waals surface area contributed by atoms with Gasteiger partial charge in [-0.3, -0.25) is 4.79 Å². The molecule has 0 aliphatic heterocycles. The third-order valence-electron chi connectivity index (χ3n) is 2.58. The van der Waals surface area contributed by atoms with Crippen LogP contribution in [0, 0.1) is 0 Å². The largest absolute Gasteiger partial charge is 0.383 e. The van der Waals surface area contributed by atoms with E-state index in [0.29, 0.717) is 12.6 Å². The van der Waals surface area contributed by atoms with Gasteiger partial charge in [-0.1, -0.05) is 18.2 Å². The molecule has 1 unspecified atom stereocenters. The summed E-state index contributed by atoms with van der Waals surface area (Å²) < 4.78 is 5.06. The fourth-order valence-corrected chi connectivity index (χ4v) is 1.72. The highest BCUT2D eigenvalue weighted by Gasteiger charge is 2.06. The maximum atomic E-state index is 11.8. The highest BCUT2D eigenvalue weighted by atomic mass is 127. The van der Waals surface area contributed by atoms with Crippen LogP contribution in [0.2, 0.25) is 0 Å². The van der Waals surface area contributed by atoms with E-state index in [1.807, 2.05) is 44.2 Å². The normalized spacial score (nSPS) is 12.0. The minimum absolute atomic E-state index is 0. The number of amides is 1. The van der Waals surface area contributed by atoms with Gasteiger partial charge in [-0.15, -0.1) is 24.0 Å². The van der Waals surface area contributed by atoms with Crippen molar-refractivity contribution in [3.05, 3.63) is 30.3 Å². The van der Waals surface area contributed by atoms with Crippen molar-refractivity contribution in [1.82, 2.24) is 10.6 Å². The third-order valence-corrected chi connectivity index (χ3v) is 2.58. The summed E-state index contributed by atoms with van der Waals surface area (Å²) in [5.74, 6) is 0.447. The number of carbonyl (C=O) groups excluding carboxylic acids is 1. The number of hydrogen-bond donors (Lipinski definition) is 3. The number of aliphatic imine (C=N–C) groups is 1. The molecule has 0 saturated heterocycles. The Hall–Kier alpha value is -1.35. The zero-order valence-electron chi connectivity index (χ0n) is 13.3. The van der Waals surface area contributed by atoms with Gasteiger partial charge in [0.25, 0.3) is 0 Å². The average Bonchev–Trinajstić information content (AvgIpc) is 2.46. The molecule has 1 rings (SSSR count). The van der Waals surface area contributed by atoms with E-state index in [1.54, 1.807) is 7.11 Å². The average molecular weight is 420 g/mol. The maximum absolute atomic E-state index is 11.8. The molecule has 1 amide bonds. The second-order valence-electron chi connectivity index (χ2n) is 4.61. The number of benzene rings is 1. The predicted octanol–water partition coefficient (Wildman–Crippen LogP) is 1.83. The van der Waals surface area contributed by atoms with Crippen molar-refractivity contribution in [2.75, 3.05) is 32.1 Å². The van der Waals surface area contributed by atoms with Gasteiger partial charge in [0, 0.05) is 25.4 Å². The first-order valence-electron chi connectivity index (χ1n) is 7.04. The van der Waals surface area contributed by atoms with Crippen LogP contribution in [0.5, 0.6) is 0 Å². The standard InChI is InChI=1S/C15H24N4O2.HI/c1-4-16-15(18-12(2)11-21-3)17-10-14(20)19-13-8-6-5-7-9-13;/h5-9,12H,4,10-11H2,1-3H3,(H,19,20)(H2,16,17,18);1H. The number of hydrogen-bond acceptors (Lipinski definition) is 3. The lowest BCUT2D eigenvalue weighted by Crippen LogP contribution is -2.44. The number of halogens is 1. The molecule has 1 aromatic rings. The minimum Gasteiger partial charge on any atom is -0.383 e. The molecule has 22 heavy (non-hydrogen) atoms. The van der Waals surface area contributed by atoms with Crippen molar-refractivity contribution in [2.45, 2.75) is 19.9 Å². The van der Waals surface area contributed by atoms with E-state index in [2.05, 4.69) is 20.9 Å². The molecule has 1 atom stereocenters. The van der Waals surface area contributed by atoms with Gasteiger partial charge in [0.2, 0.25) is 5.91 Å². The van der Waals surface area contributed by atoms with E-state index in [4.69, 9.17) is 4.74 Å². The number of nitrogens with zero attached hydrogens (tertiary/aromatic N) is 1. The first-order chi connectivity index (χ1) is 10.2. The van der Waals surface area contributed by atoms with Gasteiger partial charge < -0.3 is 20.7 Å². The van der Waals surface area contributed by atoms with Gasteiger partial charge in [0.05, 0.1) is 6.61 Å². The molecule has 0 radical (unpaired) electrons. The molecule has 0 fully saturated rings. The number of ether oxygens (including phenoxy) is 1. The van der Waals surface area contributed by atoms with Crippen LogP contribution in [0.3, 0.4) is 0 Å². The summed E-state index contributed by atoms with van der Waals surface area (Å²) in [4.78, 5) is 16.1. The van der Waals surface area contributed by atoms with Crippen molar-refractivity contribution in [2.24, 2.45) is 4.99 Å². The molecule has 1 aromatic carbocycles.